The molecule has 1 amide bonds. The van der Waals surface area contributed by atoms with Gasteiger partial charge in [0.25, 0.3) is 0 Å². The summed E-state index contributed by atoms with van der Waals surface area (Å²) in [6, 6.07) is 10.2. The van der Waals surface area contributed by atoms with Crippen molar-refractivity contribution in [1.29, 1.82) is 0 Å². The molecule has 0 unspecified atom stereocenters. The molecule has 1 N–H and O–H groups in total. The summed E-state index contributed by atoms with van der Waals surface area (Å²) in [4.78, 5) is 42.7. The minimum Gasteiger partial charge on any atom is -0.468 e. The van der Waals surface area contributed by atoms with Crippen molar-refractivity contribution in [3.63, 3.8) is 0 Å². The van der Waals surface area contributed by atoms with Gasteiger partial charge in [-0.1, -0.05) is 51.1 Å². The van der Waals surface area contributed by atoms with E-state index in [0.29, 0.717) is 62.1 Å². The molecule has 10 heteroatoms. The summed E-state index contributed by atoms with van der Waals surface area (Å²) in [5, 5.41) is 3.41. The molecular weight excluding hydrogens is 458 g/mol. The van der Waals surface area contributed by atoms with Crippen molar-refractivity contribution in [3.8, 4) is 0 Å². The Morgan fingerprint density at radius 3 is 2.44 bits per heavy atom. The van der Waals surface area contributed by atoms with Crippen LogP contribution in [0, 0.1) is 5.41 Å². The third-order valence-corrected chi connectivity index (χ3v) is 6.12. The molecule has 192 valence electrons. The number of hydrogen-bond acceptors (Lipinski definition) is 8. The van der Waals surface area contributed by atoms with E-state index >= 15 is 0 Å². The van der Waals surface area contributed by atoms with E-state index in [2.05, 4.69) is 48.1 Å². The molecule has 0 saturated carbocycles. The van der Waals surface area contributed by atoms with Crippen LogP contribution in [0.1, 0.15) is 32.8 Å². The van der Waals surface area contributed by atoms with Gasteiger partial charge < -0.3 is 24.4 Å². The quantitative estimate of drug-likeness (QED) is 0.478. The van der Waals surface area contributed by atoms with Gasteiger partial charge in [0.05, 0.1) is 13.4 Å². The summed E-state index contributed by atoms with van der Waals surface area (Å²) in [6.07, 6.45) is 2.95. The predicted molar refractivity (Wildman–Crippen MR) is 139 cm³/mol. The highest BCUT2D eigenvalue weighted by molar-refractivity contribution is 5.85. The van der Waals surface area contributed by atoms with Crippen LogP contribution < -0.4 is 10.2 Å². The largest absolute Gasteiger partial charge is 0.468 e. The van der Waals surface area contributed by atoms with E-state index in [9.17, 15) is 9.59 Å². The highest BCUT2D eigenvalue weighted by Crippen LogP contribution is 2.25. The fourth-order valence-electron chi connectivity index (χ4n) is 4.21. The number of nitrogens with one attached hydrogen (secondary N) is 1. The number of hydrogen-bond donors (Lipinski definition) is 1. The Bertz CT molecular complexity index is 1200. The van der Waals surface area contributed by atoms with Crippen LogP contribution in [0.15, 0.2) is 36.7 Å². The zero-order valence-corrected chi connectivity index (χ0v) is 21.5. The number of carbonyl (C=O) groups excluding carboxylic acids is 2. The number of esters is 1. The van der Waals surface area contributed by atoms with Gasteiger partial charge in [0.2, 0.25) is 11.9 Å². The molecule has 1 saturated heterocycles. The van der Waals surface area contributed by atoms with Crippen LogP contribution in [-0.2, 0) is 27.3 Å². The molecule has 3 aromatic rings. The van der Waals surface area contributed by atoms with E-state index < -0.39 is 0 Å². The minimum atomic E-state index is -0.376. The van der Waals surface area contributed by atoms with E-state index in [1.54, 1.807) is 10.9 Å². The Morgan fingerprint density at radius 2 is 1.78 bits per heavy atom. The molecule has 4 rings (SSSR count). The van der Waals surface area contributed by atoms with Crippen LogP contribution in [0.25, 0.3) is 11.2 Å². The number of nitrogens with zero attached hydrogens (tertiary/aromatic N) is 6. The summed E-state index contributed by atoms with van der Waals surface area (Å²) in [5.74, 6) is 0.983. The van der Waals surface area contributed by atoms with Crippen molar-refractivity contribution in [3.05, 3.63) is 42.2 Å². The van der Waals surface area contributed by atoms with Crippen LogP contribution in [0.2, 0.25) is 0 Å². The van der Waals surface area contributed by atoms with Crippen molar-refractivity contribution in [2.45, 2.75) is 40.2 Å². The maximum atomic E-state index is 12.7. The number of carbonyl (C=O) groups is 2. The zero-order chi connectivity index (χ0) is 25.7. The van der Waals surface area contributed by atoms with Gasteiger partial charge >= 0.3 is 5.97 Å². The molecule has 1 aliphatic heterocycles. The average Bonchev–Trinajstić information content (AvgIpc) is 3.26. The molecular formula is C26H35N7O3. The lowest BCUT2D eigenvalue weighted by Gasteiger charge is -2.36. The monoisotopic (exact) mass is 493 g/mol. The second-order valence-electron chi connectivity index (χ2n) is 10.3. The Balaban J connectivity index is 1.54. The van der Waals surface area contributed by atoms with Gasteiger partial charge in [-0.2, -0.15) is 9.97 Å². The van der Waals surface area contributed by atoms with E-state index in [4.69, 9.17) is 14.7 Å². The third kappa shape index (κ3) is 6.30. The van der Waals surface area contributed by atoms with Crippen molar-refractivity contribution in [2.24, 2.45) is 5.41 Å². The van der Waals surface area contributed by atoms with Crippen LogP contribution in [0.4, 0.5) is 11.8 Å². The fourth-order valence-corrected chi connectivity index (χ4v) is 4.21. The van der Waals surface area contributed by atoms with E-state index in [0.717, 1.165) is 6.42 Å². The smallest absolute Gasteiger partial charge is 0.325 e. The fraction of sp³-hybridized carbons (Fsp3) is 0.500. The van der Waals surface area contributed by atoms with Crippen LogP contribution in [0.5, 0.6) is 0 Å². The number of anilines is 2. The Hall–Kier alpha value is -3.69. The first-order chi connectivity index (χ1) is 17.2. The summed E-state index contributed by atoms with van der Waals surface area (Å²) >= 11 is 0. The number of rotatable bonds is 8. The van der Waals surface area contributed by atoms with E-state index in [1.807, 2.05) is 23.1 Å². The number of imidazole rings is 1. The zero-order valence-electron chi connectivity index (χ0n) is 21.5. The topological polar surface area (TPSA) is 105 Å². The first-order valence-electron chi connectivity index (χ1n) is 12.3. The molecule has 0 bridgehead atoms. The Morgan fingerprint density at radius 1 is 1.06 bits per heavy atom. The van der Waals surface area contributed by atoms with Crippen molar-refractivity contribution < 1.29 is 14.3 Å². The molecule has 0 radical (unpaired) electrons. The van der Waals surface area contributed by atoms with Gasteiger partial charge in [-0.25, -0.2) is 4.98 Å². The normalized spacial score (nSPS) is 14.2. The molecule has 10 nitrogen and oxygen atoms in total. The Kier molecular flexibility index (Phi) is 7.71. The minimum absolute atomic E-state index is 0.0159. The number of amides is 1. The van der Waals surface area contributed by atoms with Gasteiger partial charge in [0.1, 0.15) is 6.54 Å². The number of ether oxygens (including phenoxy) is 1. The number of aromatic nitrogens is 4. The van der Waals surface area contributed by atoms with Gasteiger partial charge in [-0.15, -0.1) is 0 Å². The molecule has 1 fully saturated rings. The lowest BCUT2D eigenvalue weighted by Crippen LogP contribution is -2.49. The van der Waals surface area contributed by atoms with Crippen molar-refractivity contribution in [2.75, 3.05) is 50.1 Å². The third-order valence-electron chi connectivity index (χ3n) is 6.12. The predicted octanol–water partition coefficient (Wildman–Crippen LogP) is 2.74. The second kappa shape index (κ2) is 10.9. The number of fused-ring (bicyclic) bond motifs is 1. The number of piperazine rings is 1. The number of benzene rings is 1. The highest BCUT2D eigenvalue weighted by atomic mass is 16.5. The lowest BCUT2D eigenvalue weighted by molar-refractivity contribution is -0.141. The lowest BCUT2D eigenvalue weighted by atomic mass is 9.91. The summed E-state index contributed by atoms with van der Waals surface area (Å²) in [5.41, 5.74) is 2.36. The van der Waals surface area contributed by atoms with Crippen LogP contribution in [0.3, 0.4) is 0 Å². The Labute approximate surface area is 211 Å². The van der Waals surface area contributed by atoms with E-state index in [-0.39, 0.29) is 23.8 Å². The molecule has 0 atom stereocenters. The molecule has 2 aromatic heterocycles. The molecule has 3 heterocycles. The molecule has 1 aliphatic rings. The van der Waals surface area contributed by atoms with Gasteiger partial charge in [0, 0.05) is 39.1 Å². The van der Waals surface area contributed by atoms with Crippen LogP contribution in [-0.4, -0.2) is 76.1 Å². The van der Waals surface area contributed by atoms with Gasteiger partial charge in [0.15, 0.2) is 17.0 Å². The van der Waals surface area contributed by atoms with Crippen molar-refractivity contribution >= 4 is 34.8 Å². The SMILES string of the molecule is COC(=O)Cn1cnc2c(NCCc3ccccc3)nc(N3CCN(C(=O)CC(C)(C)C)CC3)nc21. The van der Waals surface area contributed by atoms with Gasteiger partial charge in [-0.05, 0) is 17.4 Å². The first-order valence-corrected chi connectivity index (χ1v) is 12.3. The second-order valence-corrected chi connectivity index (χ2v) is 10.3. The molecule has 0 aliphatic carbocycles. The van der Waals surface area contributed by atoms with Gasteiger partial charge in [-0.3, -0.25) is 9.59 Å². The number of methoxy groups -OCH3 is 1. The van der Waals surface area contributed by atoms with E-state index in [1.165, 1.54) is 12.7 Å². The average molecular weight is 494 g/mol. The highest BCUT2D eigenvalue weighted by Gasteiger charge is 2.27. The first kappa shape index (κ1) is 25.4. The molecule has 36 heavy (non-hydrogen) atoms. The molecule has 0 spiro atoms. The summed E-state index contributed by atoms with van der Waals surface area (Å²) < 4.78 is 6.52. The van der Waals surface area contributed by atoms with Crippen LogP contribution >= 0.6 is 0 Å². The summed E-state index contributed by atoms with van der Waals surface area (Å²) in [6.45, 7) is 9.43. The maximum absolute atomic E-state index is 12.7. The van der Waals surface area contributed by atoms with Crippen molar-refractivity contribution in [1.82, 2.24) is 24.4 Å². The summed E-state index contributed by atoms with van der Waals surface area (Å²) in [7, 11) is 1.36. The molecule has 1 aromatic carbocycles. The standard InChI is InChI=1S/C26H35N7O3/c1-26(2,3)16-20(34)31-12-14-32(15-13-31)25-29-23(27-11-10-19-8-6-5-7-9-19)22-24(30-25)33(18-28-22)17-21(35)36-4/h5-9,18H,10-17H2,1-4H3,(H,27,29,30). The maximum Gasteiger partial charge on any atom is 0.325 e.